The molecule has 1 aromatic heterocycles. The average Bonchev–Trinajstić information content (AvgIpc) is 3.24. The number of thiophene rings is 1. The van der Waals surface area contributed by atoms with Crippen LogP contribution in [0.3, 0.4) is 0 Å². The minimum Gasteiger partial charge on any atom is -0.312 e. The summed E-state index contributed by atoms with van der Waals surface area (Å²) in [6.07, 6.45) is 6.36. The Labute approximate surface area is 156 Å². The number of aryl methyl sites for hydroxylation is 3. The van der Waals surface area contributed by atoms with Gasteiger partial charge in [-0.1, -0.05) is 24.3 Å². The van der Waals surface area contributed by atoms with E-state index in [4.69, 9.17) is 0 Å². The zero-order valence-electron chi connectivity index (χ0n) is 14.4. The van der Waals surface area contributed by atoms with Crippen LogP contribution in [-0.4, -0.2) is 5.91 Å². The molecular formula is C22H18N2OS. The van der Waals surface area contributed by atoms with E-state index in [0.29, 0.717) is 16.1 Å². The molecule has 0 atom stereocenters. The van der Waals surface area contributed by atoms with Crippen LogP contribution in [-0.2, 0) is 25.7 Å². The predicted octanol–water partition coefficient (Wildman–Crippen LogP) is 5.00. The lowest BCUT2D eigenvalue weighted by molar-refractivity contribution is 0.102. The number of amides is 1. The second-order valence-corrected chi connectivity index (χ2v) is 8.20. The molecule has 3 nitrogen and oxygen atoms in total. The van der Waals surface area contributed by atoms with Gasteiger partial charge in [0.2, 0.25) is 0 Å². The van der Waals surface area contributed by atoms with Crippen molar-refractivity contribution in [2.24, 2.45) is 0 Å². The largest absolute Gasteiger partial charge is 0.312 e. The predicted molar refractivity (Wildman–Crippen MR) is 105 cm³/mol. The number of benzene rings is 2. The minimum absolute atomic E-state index is 0.115. The maximum absolute atomic E-state index is 13.0. The van der Waals surface area contributed by atoms with Crippen LogP contribution in [0.5, 0.6) is 0 Å². The van der Waals surface area contributed by atoms with Crippen LogP contribution in [0.2, 0.25) is 0 Å². The summed E-state index contributed by atoms with van der Waals surface area (Å²) in [6.45, 7) is 0. The van der Waals surface area contributed by atoms with Crippen LogP contribution < -0.4 is 5.32 Å². The number of carbonyl (C=O) groups excluding carboxylic acids is 1. The summed E-state index contributed by atoms with van der Waals surface area (Å²) >= 11 is 1.58. The van der Waals surface area contributed by atoms with Crippen molar-refractivity contribution in [1.29, 1.82) is 5.26 Å². The Bertz CT molecular complexity index is 1090. The number of nitrogens with zero attached hydrogens (tertiary/aromatic N) is 1. The molecule has 2 aromatic carbocycles. The Morgan fingerprint density at radius 2 is 1.85 bits per heavy atom. The van der Waals surface area contributed by atoms with Gasteiger partial charge in [-0.2, -0.15) is 5.26 Å². The zero-order valence-corrected chi connectivity index (χ0v) is 15.2. The van der Waals surface area contributed by atoms with Crippen LogP contribution in [0.15, 0.2) is 30.3 Å². The molecule has 1 N–H and O–H groups in total. The fourth-order valence-electron chi connectivity index (χ4n) is 4.39. The Kier molecular flexibility index (Phi) is 3.58. The lowest BCUT2D eigenvalue weighted by atomic mass is 9.96. The minimum atomic E-state index is -0.115. The quantitative estimate of drug-likeness (QED) is 0.701. The third-order valence-corrected chi connectivity index (χ3v) is 6.84. The first-order valence-electron chi connectivity index (χ1n) is 9.15. The number of hydrogen-bond acceptors (Lipinski definition) is 3. The fraction of sp³-hybridized carbons (Fsp3) is 0.273. The maximum atomic E-state index is 13.0. The van der Waals surface area contributed by atoms with E-state index >= 15 is 0 Å². The van der Waals surface area contributed by atoms with E-state index in [0.717, 1.165) is 43.1 Å². The van der Waals surface area contributed by atoms with Gasteiger partial charge in [-0.05, 0) is 72.1 Å². The van der Waals surface area contributed by atoms with Crippen molar-refractivity contribution in [3.8, 4) is 6.07 Å². The van der Waals surface area contributed by atoms with Gasteiger partial charge in [0, 0.05) is 10.4 Å². The Balaban J connectivity index is 1.56. The SMILES string of the molecule is N#Cc1c(NC(=O)c2ccc3c4c(cccc24)CC3)sc2c1CCCC2. The third kappa shape index (κ3) is 2.28. The van der Waals surface area contributed by atoms with E-state index in [2.05, 4.69) is 23.5 Å². The summed E-state index contributed by atoms with van der Waals surface area (Å²) in [6, 6.07) is 12.6. The number of carbonyl (C=O) groups is 1. The van der Waals surface area contributed by atoms with E-state index in [9.17, 15) is 10.1 Å². The van der Waals surface area contributed by atoms with Crippen LogP contribution >= 0.6 is 11.3 Å². The van der Waals surface area contributed by atoms with E-state index in [-0.39, 0.29) is 5.91 Å². The molecule has 0 radical (unpaired) electrons. The molecule has 5 rings (SSSR count). The van der Waals surface area contributed by atoms with Crippen LogP contribution in [0.1, 0.15) is 50.3 Å². The standard InChI is InChI=1S/C22H18N2OS/c23-12-18-15-5-1-2-7-19(15)26-22(18)24-21(25)17-11-10-14-9-8-13-4-3-6-16(17)20(13)14/h3-4,6,10-11H,1-2,5,7-9H2,(H,24,25). The van der Waals surface area contributed by atoms with E-state index in [1.54, 1.807) is 11.3 Å². The molecule has 3 aromatic rings. The summed E-state index contributed by atoms with van der Waals surface area (Å²) in [5, 5.41) is 15.6. The van der Waals surface area contributed by atoms with Gasteiger partial charge in [0.1, 0.15) is 11.1 Å². The van der Waals surface area contributed by atoms with Crippen molar-refractivity contribution in [3.05, 3.63) is 63.0 Å². The van der Waals surface area contributed by atoms with Crippen molar-refractivity contribution >= 4 is 33.0 Å². The second kappa shape index (κ2) is 5.96. The first-order chi connectivity index (χ1) is 12.8. The van der Waals surface area contributed by atoms with Crippen LogP contribution in [0.25, 0.3) is 10.8 Å². The summed E-state index contributed by atoms with van der Waals surface area (Å²) < 4.78 is 0. The molecule has 1 heterocycles. The lowest BCUT2D eigenvalue weighted by Gasteiger charge is -2.10. The van der Waals surface area contributed by atoms with Crippen LogP contribution in [0.4, 0.5) is 5.00 Å². The van der Waals surface area contributed by atoms with Crippen molar-refractivity contribution in [2.75, 3.05) is 5.32 Å². The molecule has 128 valence electrons. The molecule has 0 saturated heterocycles. The Morgan fingerprint density at radius 1 is 1.04 bits per heavy atom. The number of nitrogens with one attached hydrogen (secondary N) is 1. The number of nitriles is 1. The summed E-state index contributed by atoms with van der Waals surface area (Å²) in [4.78, 5) is 14.3. The smallest absolute Gasteiger partial charge is 0.256 e. The number of hydrogen-bond donors (Lipinski definition) is 1. The topological polar surface area (TPSA) is 52.9 Å². The van der Waals surface area contributed by atoms with Gasteiger partial charge in [-0.3, -0.25) is 4.79 Å². The molecule has 2 aliphatic rings. The van der Waals surface area contributed by atoms with Gasteiger partial charge in [0.15, 0.2) is 0 Å². The number of anilines is 1. The summed E-state index contributed by atoms with van der Waals surface area (Å²) in [7, 11) is 0. The van der Waals surface area contributed by atoms with Crippen molar-refractivity contribution in [3.63, 3.8) is 0 Å². The van der Waals surface area contributed by atoms with Gasteiger partial charge in [-0.25, -0.2) is 0 Å². The highest BCUT2D eigenvalue weighted by Crippen LogP contribution is 2.38. The third-order valence-electron chi connectivity index (χ3n) is 5.63. The van der Waals surface area contributed by atoms with E-state index in [1.807, 2.05) is 18.2 Å². The van der Waals surface area contributed by atoms with Crippen molar-refractivity contribution < 1.29 is 4.79 Å². The van der Waals surface area contributed by atoms with E-state index < -0.39 is 0 Å². The molecule has 0 bridgehead atoms. The Hall–Kier alpha value is -2.64. The molecule has 0 saturated carbocycles. The molecule has 1 amide bonds. The molecule has 2 aliphatic carbocycles. The molecule has 4 heteroatoms. The van der Waals surface area contributed by atoms with Crippen molar-refractivity contribution in [1.82, 2.24) is 0 Å². The fourth-order valence-corrected chi connectivity index (χ4v) is 5.62. The summed E-state index contributed by atoms with van der Waals surface area (Å²) in [5.41, 5.74) is 5.18. The average molecular weight is 358 g/mol. The Morgan fingerprint density at radius 3 is 2.69 bits per heavy atom. The molecule has 0 aliphatic heterocycles. The monoisotopic (exact) mass is 358 g/mol. The van der Waals surface area contributed by atoms with Crippen LogP contribution in [0, 0.1) is 11.3 Å². The molecule has 0 fully saturated rings. The van der Waals surface area contributed by atoms with E-state index in [1.165, 1.54) is 27.8 Å². The second-order valence-electron chi connectivity index (χ2n) is 7.09. The van der Waals surface area contributed by atoms with Gasteiger partial charge in [-0.15, -0.1) is 11.3 Å². The molecule has 26 heavy (non-hydrogen) atoms. The highest BCUT2D eigenvalue weighted by molar-refractivity contribution is 7.16. The highest BCUT2D eigenvalue weighted by Gasteiger charge is 2.23. The molecule has 0 unspecified atom stereocenters. The van der Waals surface area contributed by atoms with Gasteiger partial charge < -0.3 is 5.32 Å². The number of rotatable bonds is 2. The lowest BCUT2D eigenvalue weighted by Crippen LogP contribution is -2.12. The first kappa shape index (κ1) is 15.6. The summed E-state index contributed by atoms with van der Waals surface area (Å²) in [5.74, 6) is -0.115. The van der Waals surface area contributed by atoms with Gasteiger partial charge >= 0.3 is 0 Å². The highest BCUT2D eigenvalue weighted by atomic mass is 32.1. The number of fused-ring (bicyclic) bond motifs is 1. The molecular weight excluding hydrogens is 340 g/mol. The van der Waals surface area contributed by atoms with Crippen molar-refractivity contribution in [2.45, 2.75) is 38.5 Å². The van der Waals surface area contributed by atoms with Gasteiger partial charge in [0.05, 0.1) is 5.56 Å². The van der Waals surface area contributed by atoms with Gasteiger partial charge in [0.25, 0.3) is 5.91 Å². The molecule has 0 spiro atoms. The zero-order chi connectivity index (χ0) is 17.7. The normalized spacial score (nSPS) is 14.9. The first-order valence-corrected chi connectivity index (χ1v) is 9.97. The maximum Gasteiger partial charge on any atom is 0.256 e.